The molecule has 0 bridgehead atoms. The van der Waals surface area contributed by atoms with Gasteiger partial charge in [-0.25, -0.2) is 31.9 Å². The molecule has 0 amide bonds. The maximum Gasteiger partial charge on any atom is 0.213 e. The topological polar surface area (TPSA) is 92.7 Å². The summed E-state index contributed by atoms with van der Waals surface area (Å²) in [6.07, 6.45) is 4.58. The normalized spacial score (nSPS) is 11.8. The molecule has 0 saturated carbocycles. The van der Waals surface area contributed by atoms with E-state index >= 15 is 0 Å². The minimum Gasteiger partial charge on any atom is -0.343 e. The van der Waals surface area contributed by atoms with Crippen LogP contribution in [-0.4, -0.2) is 40.7 Å². The van der Waals surface area contributed by atoms with Crippen LogP contribution < -0.4 is 4.72 Å². The molecule has 25 heavy (non-hydrogen) atoms. The Morgan fingerprint density at radius 1 is 1.24 bits per heavy atom. The summed E-state index contributed by atoms with van der Waals surface area (Å²) >= 11 is 0. The van der Waals surface area contributed by atoms with Crippen molar-refractivity contribution in [2.45, 2.75) is 6.54 Å². The molecule has 3 rings (SSSR count). The highest BCUT2D eigenvalue weighted by Crippen LogP contribution is 2.30. The van der Waals surface area contributed by atoms with Crippen molar-refractivity contribution in [2.24, 2.45) is 0 Å². The Balaban J connectivity index is 2.06. The van der Waals surface area contributed by atoms with Crippen molar-refractivity contribution < 1.29 is 17.2 Å². The van der Waals surface area contributed by atoms with E-state index in [1.807, 2.05) is 0 Å². The molecule has 0 fully saturated rings. The Hall–Kier alpha value is -2.59. The van der Waals surface area contributed by atoms with Gasteiger partial charge in [-0.05, 0) is 25.2 Å². The molecule has 0 aliphatic heterocycles. The zero-order valence-electron chi connectivity index (χ0n) is 13.2. The molecule has 2 N–H and O–H groups in total. The number of H-pyrrole nitrogens is 1. The van der Waals surface area contributed by atoms with E-state index in [0.29, 0.717) is 22.8 Å². The lowest BCUT2D eigenvalue weighted by Gasteiger charge is -2.09. The molecule has 0 unspecified atom stereocenters. The Labute approximate surface area is 142 Å². The largest absolute Gasteiger partial charge is 0.343 e. The molecular formula is C15H15F2N5O2S. The van der Waals surface area contributed by atoms with E-state index in [0.717, 1.165) is 12.1 Å². The molecule has 3 aromatic rings. The zero-order valence-corrected chi connectivity index (χ0v) is 14.0. The second-order valence-electron chi connectivity index (χ2n) is 5.22. The van der Waals surface area contributed by atoms with Crippen LogP contribution in [0.15, 0.2) is 36.9 Å². The molecule has 7 nitrogen and oxygen atoms in total. The highest BCUT2D eigenvalue weighted by Gasteiger charge is 2.19. The number of nitrogens with one attached hydrogen (secondary N) is 2. The fourth-order valence-corrected chi connectivity index (χ4v) is 3.01. The molecule has 0 aliphatic carbocycles. The first-order chi connectivity index (χ1) is 11.9. The number of sulfonamides is 1. The van der Waals surface area contributed by atoms with Gasteiger partial charge in [0.15, 0.2) is 17.5 Å². The lowest BCUT2D eigenvalue weighted by Crippen LogP contribution is -2.24. The summed E-state index contributed by atoms with van der Waals surface area (Å²) in [5.74, 6) is -1.66. The number of nitrogens with zero attached hydrogens (tertiary/aromatic N) is 3. The number of hydrogen-bond donors (Lipinski definition) is 2. The summed E-state index contributed by atoms with van der Waals surface area (Å²) in [6, 6.07) is 3.46. The molecule has 0 aliphatic rings. The zero-order chi connectivity index (χ0) is 18.0. The Bertz CT molecular complexity index is 984. The molecule has 2 aromatic heterocycles. The smallest absolute Gasteiger partial charge is 0.213 e. The van der Waals surface area contributed by atoms with Gasteiger partial charge in [-0.1, -0.05) is 0 Å². The predicted octanol–water partition coefficient (Wildman–Crippen LogP) is 1.77. The maximum absolute atomic E-state index is 13.6. The average molecular weight is 367 g/mol. The lowest BCUT2D eigenvalue weighted by molar-refractivity contribution is 0.509. The van der Waals surface area contributed by atoms with Crippen LogP contribution in [0.2, 0.25) is 0 Å². The number of aromatic amines is 1. The summed E-state index contributed by atoms with van der Waals surface area (Å²) < 4.78 is 53.9. The summed E-state index contributed by atoms with van der Waals surface area (Å²) in [7, 11) is -2.07. The third kappa shape index (κ3) is 3.59. The number of halogens is 2. The fraction of sp³-hybridized carbons (Fsp3) is 0.200. The summed E-state index contributed by atoms with van der Waals surface area (Å²) in [4.78, 5) is 11.3. The first kappa shape index (κ1) is 17.2. The Kier molecular flexibility index (Phi) is 4.64. The van der Waals surface area contributed by atoms with Gasteiger partial charge >= 0.3 is 0 Å². The fourth-order valence-electron chi connectivity index (χ4n) is 2.37. The molecule has 2 heterocycles. The van der Waals surface area contributed by atoms with Gasteiger partial charge in [0.05, 0.1) is 17.8 Å². The molecular weight excluding hydrogens is 352 g/mol. The second kappa shape index (κ2) is 6.73. The van der Waals surface area contributed by atoms with Crippen LogP contribution in [0.5, 0.6) is 0 Å². The van der Waals surface area contributed by atoms with Gasteiger partial charge in [0, 0.05) is 24.5 Å². The predicted molar refractivity (Wildman–Crippen MR) is 88.0 cm³/mol. The van der Waals surface area contributed by atoms with Crippen LogP contribution in [0.1, 0.15) is 0 Å². The summed E-state index contributed by atoms with van der Waals surface area (Å²) in [6.45, 7) is 0.121. The first-order valence-electron chi connectivity index (χ1n) is 7.33. The Morgan fingerprint density at radius 3 is 2.68 bits per heavy atom. The first-order valence-corrected chi connectivity index (χ1v) is 8.98. The van der Waals surface area contributed by atoms with Crippen molar-refractivity contribution in [3.05, 3.63) is 48.6 Å². The molecule has 0 saturated heterocycles. The number of aryl methyl sites for hydroxylation is 1. The van der Waals surface area contributed by atoms with Crippen LogP contribution >= 0.6 is 0 Å². The molecule has 0 spiro atoms. The van der Waals surface area contributed by atoms with Gasteiger partial charge in [-0.15, -0.1) is 0 Å². The standard InChI is InChI=1S/C15H15F2N5O2S/c1-18-25(23,24)7-6-22-9-21-13(14(22)15-19-4-5-20-15)10-2-3-11(16)12(17)8-10/h2-5,8-9,18H,6-7H2,1H3,(H,19,20). The number of imidazole rings is 2. The minimum atomic E-state index is -3.41. The third-order valence-corrected chi connectivity index (χ3v) is 5.01. The van der Waals surface area contributed by atoms with Gasteiger partial charge < -0.3 is 9.55 Å². The number of aromatic nitrogens is 4. The number of hydrogen-bond acceptors (Lipinski definition) is 4. The summed E-state index contributed by atoms with van der Waals surface area (Å²) in [5.41, 5.74) is 1.22. The van der Waals surface area contributed by atoms with Crippen LogP contribution in [0.25, 0.3) is 22.8 Å². The summed E-state index contributed by atoms with van der Waals surface area (Å²) in [5, 5.41) is 0. The van der Waals surface area contributed by atoms with Gasteiger partial charge in [-0.2, -0.15) is 0 Å². The van der Waals surface area contributed by atoms with Crippen molar-refractivity contribution in [1.29, 1.82) is 0 Å². The van der Waals surface area contributed by atoms with E-state index in [-0.39, 0.29) is 12.3 Å². The van der Waals surface area contributed by atoms with Crippen molar-refractivity contribution in [1.82, 2.24) is 24.2 Å². The van der Waals surface area contributed by atoms with E-state index in [1.165, 1.54) is 25.6 Å². The van der Waals surface area contributed by atoms with Crippen molar-refractivity contribution in [3.63, 3.8) is 0 Å². The third-order valence-electron chi connectivity index (χ3n) is 3.67. The van der Waals surface area contributed by atoms with Crippen LogP contribution in [0.3, 0.4) is 0 Å². The molecule has 1 aromatic carbocycles. The SMILES string of the molecule is CNS(=O)(=O)CCn1cnc(-c2ccc(F)c(F)c2)c1-c1ncc[nH]1. The van der Waals surface area contributed by atoms with E-state index in [1.54, 1.807) is 10.8 Å². The molecule has 10 heteroatoms. The molecule has 0 atom stereocenters. The monoisotopic (exact) mass is 367 g/mol. The minimum absolute atomic E-state index is 0.121. The van der Waals surface area contributed by atoms with Gasteiger partial charge in [-0.3, -0.25) is 0 Å². The molecule has 132 valence electrons. The van der Waals surface area contributed by atoms with Gasteiger partial charge in [0.1, 0.15) is 5.69 Å². The van der Waals surface area contributed by atoms with Crippen molar-refractivity contribution in [3.8, 4) is 22.8 Å². The van der Waals surface area contributed by atoms with Crippen molar-refractivity contribution in [2.75, 3.05) is 12.8 Å². The molecule has 0 radical (unpaired) electrons. The highest BCUT2D eigenvalue weighted by atomic mass is 32.2. The number of rotatable bonds is 6. The van der Waals surface area contributed by atoms with Crippen molar-refractivity contribution >= 4 is 10.0 Å². The lowest BCUT2D eigenvalue weighted by atomic mass is 10.1. The maximum atomic E-state index is 13.6. The van der Waals surface area contributed by atoms with E-state index < -0.39 is 21.7 Å². The van der Waals surface area contributed by atoms with E-state index in [9.17, 15) is 17.2 Å². The van der Waals surface area contributed by atoms with Gasteiger partial charge in [0.25, 0.3) is 0 Å². The van der Waals surface area contributed by atoms with Gasteiger partial charge in [0.2, 0.25) is 10.0 Å². The van der Waals surface area contributed by atoms with Crippen LogP contribution in [0, 0.1) is 11.6 Å². The second-order valence-corrected chi connectivity index (χ2v) is 7.27. The highest BCUT2D eigenvalue weighted by molar-refractivity contribution is 7.89. The number of benzene rings is 1. The van der Waals surface area contributed by atoms with E-state index in [4.69, 9.17) is 0 Å². The van der Waals surface area contributed by atoms with Crippen LogP contribution in [0.4, 0.5) is 8.78 Å². The van der Waals surface area contributed by atoms with Crippen LogP contribution in [-0.2, 0) is 16.6 Å². The van der Waals surface area contributed by atoms with E-state index in [2.05, 4.69) is 19.7 Å². The average Bonchev–Trinajstić information content (AvgIpc) is 3.24. The Morgan fingerprint density at radius 2 is 2.04 bits per heavy atom. The quantitative estimate of drug-likeness (QED) is 0.694.